The van der Waals surface area contributed by atoms with E-state index in [0.717, 1.165) is 12.5 Å². The molecule has 3 heteroatoms. The van der Waals surface area contributed by atoms with Crippen molar-refractivity contribution in [2.45, 2.75) is 39.2 Å². The van der Waals surface area contributed by atoms with Crippen LogP contribution in [0.3, 0.4) is 0 Å². The molecule has 2 rings (SSSR count). The fourth-order valence-corrected chi connectivity index (χ4v) is 2.85. The summed E-state index contributed by atoms with van der Waals surface area (Å²) in [6.45, 7) is 5.55. The van der Waals surface area contributed by atoms with Gasteiger partial charge in [-0.15, -0.1) is 0 Å². The van der Waals surface area contributed by atoms with Crippen molar-refractivity contribution in [1.29, 1.82) is 0 Å². The maximum absolute atomic E-state index is 10.8. The number of hydrogen-bond donors (Lipinski definition) is 1. The summed E-state index contributed by atoms with van der Waals surface area (Å²) < 4.78 is 0. The lowest BCUT2D eigenvalue weighted by atomic mass is 9.92. The van der Waals surface area contributed by atoms with Crippen LogP contribution in [0.15, 0.2) is 24.3 Å². The second kappa shape index (κ2) is 6.71. The maximum Gasteiger partial charge on any atom is 0.335 e. The summed E-state index contributed by atoms with van der Waals surface area (Å²) in [6.07, 6.45) is 5.27. The van der Waals surface area contributed by atoms with Gasteiger partial charge in [0.1, 0.15) is 0 Å². The topological polar surface area (TPSA) is 40.5 Å². The molecule has 1 aliphatic rings. The average molecular weight is 261 g/mol. The highest BCUT2D eigenvalue weighted by molar-refractivity contribution is 5.87. The van der Waals surface area contributed by atoms with Gasteiger partial charge in [-0.2, -0.15) is 0 Å². The smallest absolute Gasteiger partial charge is 0.335 e. The number of aromatic carboxylic acids is 1. The van der Waals surface area contributed by atoms with Gasteiger partial charge in [-0.3, -0.25) is 4.90 Å². The number of hydrogen-bond acceptors (Lipinski definition) is 2. The van der Waals surface area contributed by atoms with Gasteiger partial charge in [0.05, 0.1) is 5.56 Å². The number of benzene rings is 1. The molecule has 0 aliphatic carbocycles. The third-order valence-corrected chi connectivity index (χ3v) is 4.01. The van der Waals surface area contributed by atoms with E-state index in [9.17, 15) is 4.79 Å². The first-order chi connectivity index (χ1) is 9.19. The molecule has 1 aromatic carbocycles. The number of likely N-dealkylation sites (tertiary alicyclic amines) is 1. The summed E-state index contributed by atoms with van der Waals surface area (Å²) >= 11 is 0. The molecule has 1 heterocycles. The predicted octanol–water partition coefficient (Wildman–Crippen LogP) is 3.40. The van der Waals surface area contributed by atoms with E-state index in [1.807, 2.05) is 12.1 Å². The minimum atomic E-state index is -0.855. The quantitative estimate of drug-likeness (QED) is 0.883. The highest BCUT2D eigenvalue weighted by Gasteiger charge is 2.18. The van der Waals surface area contributed by atoms with Gasteiger partial charge in [0.25, 0.3) is 0 Å². The Balaban J connectivity index is 1.83. The summed E-state index contributed by atoms with van der Waals surface area (Å²) in [5.41, 5.74) is 1.57. The van der Waals surface area contributed by atoms with Crippen molar-refractivity contribution in [3.8, 4) is 0 Å². The largest absolute Gasteiger partial charge is 0.478 e. The van der Waals surface area contributed by atoms with Crippen molar-refractivity contribution >= 4 is 5.97 Å². The zero-order valence-electron chi connectivity index (χ0n) is 11.6. The Labute approximate surface area is 115 Å². The van der Waals surface area contributed by atoms with Crippen LogP contribution in [0.25, 0.3) is 0 Å². The van der Waals surface area contributed by atoms with Gasteiger partial charge in [-0.1, -0.05) is 31.9 Å². The molecular weight excluding hydrogens is 238 g/mol. The van der Waals surface area contributed by atoms with Gasteiger partial charge in [-0.25, -0.2) is 4.79 Å². The van der Waals surface area contributed by atoms with Gasteiger partial charge in [0.2, 0.25) is 0 Å². The Morgan fingerprint density at radius 2 is 1.89 bits per heavy atom. The van der Waals surface area contributed by atoms with Gasteiger partial charge in [0, 0.05) is 6.54 Å². The van der Waals surface area contributed by atoms with Crippen molar-refractivity contribution in [1.82, 2.24) is 4.90 Å². The fraction of sp³-hybridized carbons (Fsp3) is 0.562. The molecule has 1 aliphatic heterocycles. The molecule has 1 fully saturated rings. The van der Waals surface area contributed by atoms with E-state index in [2.05, 4.69) is 11.8 Å². The SMILES string of the molecule is CCCC1CCN(Cc2ccc(C(=O)O)cc2)CC1. The first-order valence-electron chi connectivity index (χ1n) is 7.23. The van der Waals surface area contributed by atoms with Crippen LogP contribution in [-0.2, 0) is 6.54 Å². The van der Waals surface area contributed by atoms with Crippen molar-refractivity contribution in [3.05, 3.63) is 35.4 Å². The van der Waals surface area contributed by atoms with E-state index in [1.54, 1.807) is 12.1 Å². The standard InChI is InChI=1S/C16H23NO2/c1-2-3-13-8-10-17(11-9-13)12-14-4-6-15(7-5-14)16(18)19/h4-7,13H,2-3,8-12H2,1H3,(H,18,19). The molecule has 1 N–H and O–H groups in total. The van der Waals surface area contributed by atoms with Crippen LogP contribution in [0.1, 0.15) is 48.5 Å². The van der Waals surface area contributed by atoms with Crippen LogP contribution in [-0.4, -0.2) is 29.1 Å². The number of nitrogens with zero attached hydrogens (tertiary/aromatic N) is 1. The maximum atomic E-state index is 10.8. The normalized spacial score (nSPS) is 17.5. The Morgan fingerprint density at radius 3 is 2.42 bits per heavy atom. The molecule has 0 aromatic heterocycles. The molecule has 19 heavy (non-hydrogen) atoms. The van der Waals surface area contributed by atoms with E-state index in [4.69, 9.17) is 5.11 Å². The Kier molecular flexibility index (Phi) is 4.97. The lowest BCUT2D eigenvalue weighted by molar-refractivity contribution is 0.0697. The lowest BCUT2D eigenvalue weighted by Gasteiger charge is -2.31. The first kappa shape index (κ1) is 14.1. The Morgan fingerprint density at radius 1 is 1.26 bits per heavy atom. The second-order valence-corrected chi connectivity index (χ2v) is 5.51. The highest BCUT2D eigenvalue weighted by Crippen LogP contribution is 2.22. The molecule has 0 amide bonds. The number of carboxylic acid groups (broad SMARTS) is 1. The minimum Gasteiger partial charge on any atom is -0.478 e. The molecule has 0 saturated carbocycles. The van der Waals surface area contributed by atoms with E-state index in [1.165, 1.54) is 44.3 Å². The van der Waals surface area contributed by atoms with E-state index < -0.39 is 5.97 Å². The Bertz CT molecular complexity index is 405. The molecule has 3 nitrogen and oxygen atoms in total. The average Bonchev–Trinajstić information content (AvgIpc) is 2.42. The summed E-state index contributed by atoms with van der Waals surface area (Å²) in [5.74, 6) is 0.0579. The second-order valence-electron chi connectivity index (χ2n) is 5.51. The predicted molar refractivity (Wildman–Crippen MR) is 76.3 cm³/mol. The van der Waals surface area contributed by atoms with Crippen molar-refractivity contribution in [3.63, 3.8) is 0 Å². The van der Waals surface area contributed by atoms with E-state index in [-0.39, 0.29) is 0 Å². The molecule has 104 valence electrons. The summed E-state index contributed by atoms with van der Waals surface area (Å²) in [4.78, 5) is 13.3. The summed E-state index contributed by atoms with van der Waals surface area (Å²) in [6, 6.07) is 7.26. The van der Waals surface area contributed by atoms with Crippen molar-refractivity contribution < 1.29 is 9.90 Å². The summed E-state index contributed by atoms with van der Waals surface area (Å²) in [7, 11) is 0. The molecular formula is C16H23NO2. The third kappa shape index (κ3) is 4.06. The minimum absolute atomic E-state index is 0.366. The number of rotatable bonds is 5. The van der Waals surface area contributed by atoms with Crippen LogP contribution >= 0.6 is 0 Å². The molecule has 1 saturated heterocycles. The van der Waals surface area contributed by atoms with Crippen molar-refractivity contribution in [2.24, 2.45) is 5.92 Å². The van der Waals surface area contributed by atoms with Crippen molar-refractivity contribution in [2.75, 3.05) is 13.1 Å². The monoisotopic (exact) mass is 261 g/mol. The van der Waals surface area contributed by atoms with Crippen LogP contribution in [0.4, 0.5) is 0 Å². The molecule has 0 radical (unpaired) electrons. The molecule has 0 unspecified atom stereocenters. The van der Waals surface area contributed by atoms with Gasteiger partial charge >= 0.3 is 5.97 Å². The zero-order valence-corrected chi connectivity index (χ0v) is 11.6. The number of carbonyl (C=O) groups is 1. The Hall–Kier alpha value is -1.35. The van der Waals surface area contributed by atoms with Crippen LogP contribution in [0.2, 0.25) is 0 Å². The van der Waals surface area contributed by atoms with E-state index >= 15 is 0 Å². The molecule has 1 aromatic rings. The summed E-state index contributed by atoms with van der Waals surface area (Å²) in [5, 5.41) is 8.87. The fourth-order valence-electron chi connectivity index (χ4n) is 2.85. The zero-order chi connectivity index (χ0) is 13.7. The van der Waals surface area contributed by atoms with Gasteiger partial charge in [-0.05, 0) is 49.5 Å². The van der Waals surface area contributed by atoms with Crippen LogP contribution < -0.4 is 0 Å². The third-order valence-electron chi connectivity index (χ3n) is 4.01. The first-order valence-corrected chi connectivity index (χ1v) is 7.23. The lowest BCUT2D eigenvalue weighted by Crippen LogP contribution is -2.33. The van der Waals surface area contributed by atoms with Gasteiger partial charge in [0.15, 0.2) is 0 Å². The highest BCUT2D eigenvalue weighted by atomic mass is 16.4. The van der Waals surface area contributed by atoms with Gasteiger partial charge < -0.3 is 5.11 Å². The molecule has 0 spiro atoms. The van der Waals surface area contributed by atoms with Crippen LogP contribution in [0, 0.1) is 5.92 Å². The number of piperidine rings is 1. The number of carboxylic acids is 1. The van der Waals surface area contributed by atoms with Crippen LogP contribution in [0.5, 0.6) is 0 Å². The van der Waals surface area contributed by atoms with E-state index in [0.29, 0.717) is 5.56 Å². The molecule has 0 bridgehead atoms. The molecule has 0 atom stereocenters.